The number of halogens is 1. The van der Waals surface area contributed by atoms with E-state index in [-0.39, 0.29) is 17.1 Å². The van der Waals surface area contributed by atoms with E-state index in [1.54, 1.807) is 30.1 Å². The van der Waals surface area contributed by atoms with Gasteiger partial charge in [0.05, 0.1) is 17.6 Å². The Morgan fingerprint density at radius 2 is 2.00 bits per heavy atom. The molecule has 2 amide bonds. The highest BCUT2D eigenvalue weighted by molar-refractivity contribution is 7.15. The topological polar surface area (TPSA) is 120 Å². The molecule has 2 N–H and O–H groups in total. The molecule has 0 atom stereocenters. The quantitative estimate of drug-likeness (QED) is 0.415. The summed E-state index contributed by atoms with van der Waals surface area (Å²) in [6.07, 6.45) is 5.06. The number of urea groups is 1. The lowest BCUT2D eigenvalue weighted by Gasteiger charge is -2.12. The van der Waals surface area contributed by atoms with Gasteiger partial charge in [-0.2, -0.15) is 10.1 Å². The van der Waals surface area contributed by atoms with E-state index in [0.29, 0.717) is 22.1 Å². The number of anilines is 2. The molecule has 0 bridgehead atoms. The summed E-state index contributed by atoms with van der Waals surface area (Å²) in [5, 5.41) is 18.3. The minimum Gasteiger partial charge on any atom is -0.424 e. The van der Waals surface area contributed by atoms with Crippen molar-refractivity contribution in [2.24, 2.45) is 7.05 Å². The highest BCUT2D eigenvalue weighted by Gasteiger charge is 2.20. The highest BCUT2D eigenvalue weighted by atomic mass is 32.1. The fourth-order valence-electron chi connectivity index (χ4n) is 2.89. The Labute approximate surface area is 199 Å². The van der Waals surface area contributed by atoms with Gasteiger partial charge in [0.2, 0.25) is 5.13 Å². The molecular formula is C22H23FN8O2S. The number of nitrogens with one attached hydrogen (secondary N) is 2. The Morgan fingerprint density at radius 1 is 1.21 bits per heavy atom. The van der Waals surface area contributed by atoms with Crippen molar-refractivity contribution in [3.8, 4) is 23.0 Å². The number of aryl methyl sites for hydroxylation is 2. The van der Waals surface area contributed by atoms with Crippen molar-refractivity contribution in [2.45, 2.75) is 33.1 Å². The summed E-state index contributed by atoms with van der Waals surface area (Å²) in [4.78, 5) is 20.9. The van der Waals surface area contributed by atoms with Crippen LogP contribution in [0.5, 0.6) is 11.8 Å². The number of benzene rings is 1. The molecule has 4 rings (SSSR count). The zero-order valence-electron chi connectivity index (χ0n) is 19.3. The maximum absolute atomic E-state index is 14.6. The van der Waals surface area contributed by atoms with Crippen molar-refractivity contribution < 1.29 is 13.9 Å². The van der Waals surface area contributed by atoms with Gasteiger partial charge in [-0.15, -0.1) is 10.2 Å². The second-order valence-corrected chi connectivity index (χ2v) is 9.55. The Bertz CT molecular complexity index is 1340. The average Bonchev–Trinajstić information content (AvgIpc) is 3.41. The van der Waals surface area contributed by atoms with Gasteiger partial charge in [0.1, 0.15) is 16.6 Å². The number of nitrogens with zero attached hydrogens (tertiary/aromatic N) is 6. The highest BCUT2D eigenvalue weighted by Crippen LogP contribution is 2.30. The number of hydrogen-bond acceptors (Lipinski definition) is 8. The summed E-state index contributed by atoms with van der Waals surface area (Å²) in [5.41, 5.74) is 1.68. The molecule has 4 aromatic rings. The van der Waals surface area contributed by atoms with Gasteiger partial charge in [0.25, 0.3) is 0 Å². The monoisotopic (exact) mass is 482 g/mol. The van der Waals surface area contributed by atoms with Crippen LogP contribution in [-0.4, -0.2) is 36.0 Å². The van der Waals surface area contributed by atoms with Gasteiger partial charge < -0.3 is 10.1 Å². The van der Waals surface area contributed by atoms with E-state index in [9.17, 15) is 9.18 Å². The van der Waals surface area contributed by atoms with Crippen molar-refractivity contribution in [1.82, 2.24) is 29.9 Å². The van der Waals surface area contributed by atoms with Crippen molar-refractivity contribution in [1.29, 1.82) is 0 Å². The number of amides is 2. The third-order valence-electron chi connectivity index (χ3n) is 4.64. The molecule has 34 heavy (non-hydrogen) atoms. The third-order valence-corrected chi connectivity index (χ3v) is 5.90. The molecule has 0 aliphatic carbocycles. The lowest BCUT2D eigenvalue weighted by molar-refractivity contribution is 0.262. The fourth-order valence-corrected chi connectivity index (χ4v) is 3.69. The van der Waals surface area contributed by atoms with Gasteiger partial charge in [-0.3, -0.25) is 10.00 Å². The van der Waals surface area contributed by atoms with E-state index in [4.69, 9.17) is 4.74 Å². The van der Waals surface area contributed by atoms with Crippen LogP contribution in [0.1, 0.15) is 31.3 Å². The Hall–Kier alpha value is -3.93. The lowest BCUT2D eigenvalue weighted by Crippen LogP contribution is -2.20. The van der Waals surface area contributed by atoms with Gasteiger partial charge in [-0.05, 0) is 24.6 Å². The van der Waals surface area contributed by atoms with Crippen LogP contribution in [0.25, 0.3) is 11.3 Å². The van der Waals surface area contributed by atoms with E-state index in [2.05, 4.69) is 35.9 Å². The second-order valence-electron chi connectivity index (χ2n) is 8.57. The van der Waals surface area contributed by atoms with Crippen molar-refractivity contribution in [3.63, 3.8) is 0 Å². The summed E-state index contributed by atoms with van der Waals surface area (Å²) in [6, 6.07) is 3.80. The van der Waals surface area contributed by atoms with Crippen LogP contribution in [-0.2, 0) is 12.5 Å². The third kappa shape index (κ3) is 5.34. The van der Waals surface area contributed by atoms with Crippen molar-refractivity contribution in [2.75, 3.05) is 10.6 Å². The molecule has 12 heteroatoms. The summed E-state index contributed by atoms with van der Waals surface area (Å²) in [5.74, 6) is -0.316. The van der Waals surface area contributed by atoms with Crippen LogP contribution in [0.15, 0.2) is 36.8 Å². The Kier molecular flexibility index (Phi) is 6.24. The Morgan fingerprint density at radius 3 is 2.68 bits per heavy atom. The first kappa shape index (κ1) is 23.2. The fraction of sp³-hybridized carbons (Fsp3) is 0.273. The molecule has 0 aliphatic rings. The lowest BCUT2D eigenvalue weighted by atomic mass is 9.98. The van der Waals surface area contributed by atoms with Crippen molar-refractivity contribution in [3.05, 3.63) is 53.2 Å². The van der Waals surface area contributed by atoms with Gasteiger partial charge in [0, 0.05) is 36.5 Å². The first-order valence-electron chi connectivity index (χ1n) is 10.3. The van der Waals surface area contributed by atoms with Crippen LogP contribution in [0.2, 0.25) is 0 Å². The van der Waals surface area contributed by atoms with E-state index in [1.165, 1.54) is 23.5 Å². The number of aromatic nitrogens is 6. The van der Waals surface area contributed by atoms with Crippen molar-refractivity contribution >= 4 is 28.2 Å². The molecule has 1 aromatic carbocycles. The molecular weight excluding hydrogens is 459 g/mol. The van der Waals surface area contributed by atoms with Crippen LogP contribution in [0, 0.1) is 12.7 Å². The summed E-state index contributed by atoms with van der Waals surface area (Å²) in [7, 11) is 1.81. The van der Waals surface area contributed by atoms with E-state index < -0.39 is 11.8 Å². The smallest absolute Gasteiger partial charge is 0.325 e. The molecule has 0 spiro atoms. The first-order valence-corrected chi connectivity index (χ1v) is 11.1. The molecule has 3 heterocycles. The van der Waals surface area contributed by atoms with Gasteiger partial charge in [0.15, 0.2) is 0 Å². The SMILES string of the molecule is Cc1cc(F)c(NC(=O)Nc2nnc(C(C)(C)C)s2)cc1Oc1nccc(-c2cnn(C)c2)n1. The zero-order chi connectivity index (χ0) is 24.5. The number of hydrogen-bond donors (Lipinski definition) is 2. The molecule has 0 aliphatic heterocycles. The van der Waals surface area contributed by atoms with Crippen LogP contribution in [0.4, 0.5) is 20.0 Å². The van der Waals surface area contributed by atoms with Gasteiger partial charge in [-0.1, -0.05) is 32.1 Å². The van der Waals surface area contributed by atoms with Gasteiger partial charge in [-0.25, -0.2) is 14.2 Å². The summed E-state index contributed by atoms with van der Waals surface area (Å²) >= 11 is 1.26. The van der Waals surface area contributed by atoms with Crippen LogP contribution in [0.3, 0.4) is 0 Å². The Balaban J connectivity index is 1.50. The predicted molar refractivity (Wildman–Crippen MR) is 127 cm³/mol. The van der Waals surface area contributed by atoms with Gasteiger partial charge >= 0.3 is 12.0 Å². The largest absolute Gasteiger partial charge is 0.424 e. The molecule has 10 nitrogen and oxygen atoms in total. The molecule has 3 aromatic heterocycles. The van der Waals surface area contributed by atoms with E-state index in [1.807, 2.05) is 34.0 Å². The normalized spacial score (nSPS) is 11.4. The molecule has 0 fully saturated rings. The number of carbonyl (C=O) groups excluding carboxylic acids is 1. The number of ether oxygens (including phenoxy) is 1. The standard InChI is InChI=1S/C22H23FN8O2S/c1-12-8-14(23)16(26-19(32)28-21-30-29-18(34-21)22(2,3)4)9-17(12)33-20-24-7-6-15(27-20)13-10-25-31(5)11-13/h6-11H,1-5H3,(H2,26,28,30,32). The minimum absolute atomic E-state index is 0.0675. The van der Waals surface area contributed by atoms with Crippen LogP contribution < -0.4 is 15.4 Å². The molecule has 0 saturated heterocycles. The summed E-state index contributed by atoms with van der Waals surface area (Å²) in [6.45, 7) is 7.67. The molecule has 0 saturated carbocycles. The maximum atomic E-state index is 14.6. The average molecular weight is 483 g/mol. The predicted octanol–water partition coefficient (Wildman–Crippen LogP) is 4.91. The molecule has 176 valence electrons. The van der Waals surface area contributed by atoms with E-state index >= 15 is 0 Å². The molecule has 0 radical (unpaired) electrons. The zero-order valence-corrected chi connectivity index (χ0v) is 20.1. The number of rotatable bonds is 5. The first-order chi connectivity index (χ1) is 16.1. The summed E-state index contributed by atoms with van der Waals surface area (Å²) < 4.78 is 22.0. The van der Waals surface area contributed by atoms with E-state index in [0.717, 1.165) is 10.6 Å². The van der Waals surface area contributed by atoms with Crippen LogP contribution >= 0.6 is 11.3 Å². The number of carbonyl (C=O) groups is 1. The second kappa shape index (κ2) is 9.14. The maximum Gasteiger partial charge on any atom is 0.325 e. The minimum atomic E-state index is -0.653. The molecule has 0 unspecified atom stereocenters.